The lowest BCUT2D eigenvalue weighted by molar-refractivity contribution is -0.111. The number of pyridine rings is 1. The van der Waals surface area contributed by atoms with E-state index in [0.29, 0.717) is 18.4 Å². The van der Waals surface area contributed by atoms with Crippen molar-refractivity contribution in [3.05, 3.63) is 24.0 Å². The van der Waals surface area contributed by atoms with E-state index in [9.17, 15) is 9.90 Å². The largest absolute Gasteiger partial charge is 0.398 e. The molecule has 0 saturated heterocycles. The highest BCUT2D eigenvalue weighted by Gasteiger charge is 2.21. The molecule has 1 aromatic heterocycles. The fourth-order valence-corrected chi connectivity index (χ4v) is 1.25. The number of anilines is 1. The molecule has 14 heavy (non-hydrogen) atoms. The van der Waals surface area contributed by atoms with Gasteiger partial charge in [0.25, 0.3) is 0 Å². The molecular weight excluding hydrogens is 180 g/mol. The first-order chi connectivity index (χ1) is 6.55. The number of nitrogens with zero attached hydrogens (tertiary/aromatic N) is 1. The van der Waals surface area contributed by atoms with Crippen molar-refractivity contribution in [2.75, 3.05) is 5.73 Å². The van der Waals surface area contributed by atoms with E-state index in [1.165, 1.54) is 0 Å². The monoisotopic (exact) mass is 194 g/mol. The summed E-state index contributed by atoms with van der Waals surface area (Å²) < 4.78 is 0. The van der Waals surface area contributed by atoms with E-state index in [0.717, 1.165) is 5.56 Å². The number of rotatable bonds is 4. The molecule has 0 spiro atoms. The molecule has 4 heteroatoms. The second-order valence-corrected chi connectivity index (χ2v) is 3.62. The van der Waals surface area contributed by atoms with Crippen LogP contribution in [0.1, 0.15) is 18.9 Å². The maximum Gasteiger partial charge on any atom is 0.122 e. The third kappa shape index (κ3) is 2.81. The van der Waals surface area contributed by atoms with Crippen LogP contribution in [0.2, 0.25) is 0 Å². The number of hydrogen-bond donors (Lipinski definition) is 2. The first-order valence-corrected chi connectivity index (χ1v) is 4.39. The van der Waals surface area contributed by atoms with Crippen molar-refractivity contribution in [3.63, 3.8) is 0 Å². The molecule has 0 radical (unpaired) electrons. The van der Waals surface area contributed by atoms with Crippen molar-refractivity contribution in [3.8, 4) is 0 Å². The Bertz CT molecular complexity index is 324. The quantitative estimate of drug-likeness (QED) is 0.686. The SMILES string of the molecule is CC(O)(CC=O)Cc1cnccc1N. The number of carbonyl (C=O) groups excluding carboxylic acids is 1. The summed E-state index contributed by atoms with van der Waals surface area (Å²) in [5.41, 5.74) is 5.99. The second-order valence-electron chi connectivity index (χ2n) is 3.62. The van der Waals surface area contributed by atoms with Gasteiger partial charge in [0.15, 0.2) is 0 Å². The van der Waals surface area contributed by atoms with Crippen LogP contribution >= 0.6 is 0 Å². The smallest absolute Gasteiger partial charge is 0.122 e. The van der Waals surface area contributed by atoms with Crippen molar-refractivity contribution in [2.24, 2.45) is 0 Å². The Morgan fingerprint density at radius 2 is 2.43 bits per heavy atom. The molecule has 0 amide bonds. The van der Waals surface area contributed by atoms with Gasteiger partial charge in [-0.05, 0) is 18.6 Å². The zero-order valence-corrected chi connectivity index (χ0v) is 8.10. The summed E-state index contributed by atoms with van der Waals surface area (Å²) >= 11 is 0. The minimum Gasteiger partial charge on any atom is -0.398 e. The zero-order chi connectivity index (χ0) is 10.6. The van der Waals surface area contributed by atoms with Crippen LogP contribution in [0.3, 0.4) is 0 Å². The molecule has 0 aliphatic heterocycles. The van der Waals surface area contributed by atoms with Gasteiger partial charge in [0, 0.05) is 30.9 Å². The molecule has 0 saturated carbocycles. The second kappa shape index (κ2) is 4.19. The molecule has 1 heterocycles. The topological polar surface area (TPSA) is 76.2 Å². The van der Waals surface area contributed by atoms with Crippen LogP contribution in [0.15, 0.2) is 18.5 Å². The van der Waals surface area contributed by atoms with Crippen molar-refractivity contribution >= 4 is 12.0 Å². The molecule has 1 unspecified atom stereocenters. The number of nitrogen functional groups attached to an aromatic ring is 1. The van der Waals surface area contributed by atoms with Crippen LogP contribution in [-0.2, 0) is 11.2 Å². The van der Waals surface area contributed by atoms with Crippen molar-refractivity contribution in [1.29, 1.82) is 0 Å². The molecule has 4 nitrogen and oxygen atoms in total. The Morgan fingerprint density at radius 1 is 1.71 bits per heavy atom. The van der Waals surface area contributed by atoms with Gasteiger partial charge in [0.05, 0.1) is 5.60 Å². The van der Waals surface area contributed by atoms with Gasteiger partial charge in [-0.1, -0.05) is 0 Å². The average molecular weight is 194 g/mol. The minimum absolute atomic E-state index is 0.0985. The van der Waals surface area contributed by atoms with E-state index in [1.54, 1.807) is 25.4 Å². The molecular formula is C10H14N2O2. The van der Waals surface area contributed by atoms with Gasteiger partial charge in [-0.3, -0.25) is 4.98 Å². The van der Waals surface area contributed by atoms with E-state index >= 15 is 0 Å². The van der Waals surface area contributed by atoms with Crippen LogP contribution < -0.4 is 5.73 Å². The highest BCUT2D eigenvalue weighted by Crippen LogP contribution is 2.19. The van der Waals surface area contributed by atoms with Gasteiger partial charge in [0.2, 0.25) is 0 Å². The van der Waals surface area contributed by atoms with Gasteiger partial charge in [-0.25, -0.2) is 0 Å². The molecule has 1 atom stereocenters. The Labute approximate surface area is 82.8 Å². The zero-order valence-electron chi connectivity index (χ0n) is 8.10. The van der Waals surface area contributed by atoms with E-state index in [2.05, 4.69) is 4.98 Å². The molecule has 3 N–H and O–H groups in total. The van der Waals surface area contributed by atoms with E-state index in [4.69, 9.17) is 5.73 Å². The minimum atomic E-state index is -1.04. The summed E-state index contributed by atoms with van der Waals surface area (Å²) in [4.78, 5) is 14.2. The molecule has 1 aromatic rings. The molecule has 0 fully saturated rings. The molecule has 0 bridgehead atoms. The van der Waals surface area contributed by atoms with Gasteiger partial charge in [-0.15, -0.1) is 0 Å². The molecule has 1 rings (SSSR count). The first kappa shape index (κ1) is 10.7. The summed E-state index contributed by atoms with van der Waals surface area (Å²) in [5, 5.41) is 9.78. The fraction of sp³-hybridized carbons (Fsp3) is 0.400. The number of aliphatic hydroxyl groups is 1. The summed E-state index contributed by atoms with van der Waals surface area (Å²) in [6.07, 6.45) is 4.33. The molecule has 0 aromatic carbocycles. The Balaban J connectivity index is 2.78. The number of carbonyl (C=O) groups is 1. The highest BCUT2D eigenvalue weighted by molar-refractivity contribution is 5.52. The van der Waals surface area contributed by atoms with E-state index in [-0.39, 0.29) is 6.42 Å². The Kier molecular flexibility index (Phi) is 3.19. The average Bonchev–Trinajstić information content (AvgIpc) is 2.08. The maximum absolute atomic E-state index is 10.3. The highest BCUT2D eigenvalue weighted by atomic mass is 16.3. The predicted octanol–water partition coefficient (Wildman–Crippen LogP) is 0.546. The van der Waals surface area contributed by atoms with Crippen LogP contribution in [0, 0.1) is 0 Å². The first-order valence-electron chi connectivity index (χ1n) is 4.39. The van der Waals surface area contributed by atoms with E-state index in [1.807, 2.05) is 0 Å². The summed E-state index contributed by atoms with van der Waals surface area (Å²) in [6, 6.07) is 1.67. The number of aromatic nitrogens is 1. The van der Waals surface area contributed by atoms with E-state index < -0.39 is 5.60 Å². The molecule has 0 aliphatic carbocycles. The fourth-order valence-electron chi connectivity index (χ4n) is 1.25. The van der Waals surface area contributed by atoms with Crippen LogP contribution in [-0.4, -0.2) is 22.0 Å². The lowest BCUT2D eigenvalue weighted by Gasteiger charge is -2.20. The van der Waals surface area contributed by atoms with Gasteiger partial charge < -0.3 is 15.6 Å². The number of hydrogen-bond acceptors (Lipinski definition) is 4. The summed E-state index contributed by atoms with van der Waals surface area (Å²) in [7, 11) is 0. The standard InChI is InChI=1S/C10H14N2O2/c1-10(14,3-5-13)6-8-7-12-4-2-9(8)11/h2,4-5,7,14H,3,6H2,1H3,(H2,11,12). The predicted molar refractivity (Wildman–Crippen MR) is 53.7 cm³/mol. The summed E-state index contributed by atoms with van der Waals surface area (Å²) in [5.74, 6) is 0. The molecule has 0 aliphatic rings. The van der Waals surface area contributed by atoms with Crippen LogP contribution in [0.5, 0.6) is 0 Å². The molecule has 76 valence electrons. The number of aldehydes is 1. The normalized spacial score (nSPS) is 14.7. The van der Waals surface area contributed by atoms with Crippen molar-refractivity contribution in [2.45, 2.75) is 25.4 Å². The van der Waals surface area contributed by atoms with Crippen LogP contribution in [0.4, 0.5) is 5.69 Å². The summed E-state index contributed by atoms with van der Waals surface area (Å²) in [6.45, 7) is 1.60. The lowest BCUT2D eigenvalue weighted by atomic mass is 9.94. The van der Waals surface area contributed by atoms with Crippen LogP contribution in [0.25, 0.3) is 0 Å². The van der Waals surface area contributed by atoms with Gasteiger partial charge >= 0.3 is 0 Å². The van der Waals surface area contributed by atoms with Gasteiger partial charge in [-0.2, -0.15) is 0 Å². The third-order valence-corrected chi connectivity index (χ3v) is 2.04. The third-order valence-electron chi connectivity index (χ3n) is 2.04. The lowest BCUT2D eigenvalue weighted by Crippen LogP contribution is -2.28. The van der Waals surface area contributed by atoms with Gasteiger partial charge in [0.1, 0.15) is 6.29 Å². The Hall–Kier alpha value is -1.42. The van der Waals surface area contributed by atoms with Crippen molar-refractivity contribution in [1.82, 2.24) is 4.98 Å². The van der Waals surface area contributed by atoms with Crippen molar-refractivity contribution < 1.29 is 9.90 Å². The number of nitrogens with two attached hydrogens (primary N) is 1. The maximum atomic E-state index is 10.3. The Morgan fingerprint density at radius 3 is 3.00 bits per heavy atom.